The standard InChI is InChI=1S/C26H30N8O10S2/c1-26(2)20(23(36)34(26)44-46(39,40)41)32-22(35)19(17-12-45-25(27)31-17)33-43-18(24(37)38)11-42-15-3-4-16-14(7-15)5-6-29-21(16)30-10-13-8-28-9-13/h3-7,12-13,18,20,28H,8-11H2,1-2H3,(H2,27,31)(H,29,30)(H,32,35)(H,37,38)(H,39,40,41)/b33-19-/t18?,20-/m1/s1. The van der Waals surface area contributed by atoms with E-state index < -0.39 is 58.2 Å². The van der Waals surface area contributed by atoms with Gasteiger partial charge in [-0.2, -0.15) is 13.5 Å². The Labute approximate surface area is 265 Å². The number of β-lactam (4-membered cyclic amide) rings is 1. The van der Waals surface area contributed by atoms with Gasteiger partial charge in [0, 0.05) is 42.5 Å². The molecule has 4 heterocycles. The Kier molecular flexibility index (Phi) is 9.26. The van der Waals surface area contributed by atoms with E-state index in [1.807, 2.05) is 0 Å². The number of thiazole rings is 1. The molecule has 7 N–H and O–H groups in total. The number of nitrogen functional groups attached to an aromatic ring is 1. The number of carboxylic acid groups (broad SMARTS) is 1. The number of hydroxylamine groups is 2. The Bertz CT molecular complexity index is 1790. The average Bonchev–Trinajstić information content (AvgIpc) is 3.40. The number of fused-ring (bicyclic) bond motifs is 1. The Balaban J connectivity index is 1.27. The van der Waals surface area contributed by atoms with E-state index >= 15 is 0 Å². The fourth-order valence-electron chi connectivity index (χ4n) is 4.58. The van der Waals surface area contributed by atoms with E-state index in [0.717, 1.165) is 47.6 Å². The lowest BCUT2D eigenvalue weighted by molar-refractivity contribution is -0.218. The third-order valence-corrected chi connectivity index (χ3v) is 8.22. The number of benzene rings is 1. The average molecular weight is 679 g/mol. The first-order valence-electron chi connectivity index (χ1n) is 13.7. The van der Waals surface area contributed by atoms with Crippen LogP contribution >= 0.6 is 11.3 Å². The molecule has 2 aromatic heterocycles. The number of carbonyl (C=O) groups excluding carboxylic acids is 2. The van der Waals surface area contributed by atoms with Gasteiger partial charge < -0.3 is 36.4 Å². The second-order valence-electron chi connectivity index (χ2n) is 10.9. The zero-order chi connectivity index (χ0) is 33.2. The van der Waals surface area contributed by atoms with Crippen LogP contribution in [0.25, 0.3) is 10.8 Å². The van der Waals surface area contributed by atoms with Crippen LogP contribution in [-0.2, 0) is 33.9 Å². The summed E-state index contributed by atoms with van der Waals surface area (Å²) in [6.45, 7) is 4.90. The van der Waals surface area contributed by atoms with Gasteiger partial charge in [0.2, 0.25) is 0 Å². The molecule has 246 valence electrons. The molecule has 2 aliphatic heterocycles. The van der Waals surface area contributed by atoms with Gasteiger partial charge in [0.15, 0.2) is 10.8 Å². The fourth-order valence-corrected chi connectivity index (χ4v) is 5.58. The van der Waals surface area contributed by atoms with Crippen molar-refractivity contribution in [2.24, 2.45) is 11.1 Å². The minimum Gasteiger partial charge on any atom is -0.489 e. The summed E-state index contributed by atoms with van der Waals surface area (Å²) in [7, 11) is -5.01. The summed E-state index contributed by atoms with van der Waals surface area (Å²) in [4.78, 5) is 51.4. The number of hydrogen-bond donors (Lipinski definition) is 6. The molecule has 18 nitrogen and oxygen atoms in total. The van der Waals surface area contributed by atoms with E-state index in [9.17, 15) is 27.9 Å². The number of nitrogens with one attached hydrogen (secondary N) is 3. The molecule has 46 heavy (non-hydrogen) atoms. The highest BCUT2D eigenvalue weighted by molar-refractivity contribution is 7.80. The summed E-state index contributed by atoms with van der Waals surface area (Å²) in [6, 6.07) is 5.65. The van der Waals surface area contributed by atoms with E-state index in [2.05, 4.69) is 35.4 Å². The van der Waals surface area contributed by atoms with Crippen molar-refractivity contribution < 1.29 is 46.3 Å². The largest absolute Gasteiger partial charge is 0.489 e. The minimum atomic E-state index is -5.01. The van der Waals surface area contributed by atoms with Crippen LogP contribution in [0.3, 0.4) is 0 Å². The van der Waals surface area contributed by atoms with Gasteiger partial charge in [0.25, 0.3) is 17.9 Å². The molecule has 3 aromatic rings. The lowest BCUT2D eigenvalue weighted by atomic mass is 9.84. The lowest BCUT2D eigenvalue weighted by Gasteiger charge is -2.50. The Morgan fingerprint density at radius 1 is 1.30 bits per heavy atom. The second kappa shape index (κ2) is 13.0. The second-order valence-corrected chi connectivity index (χ2v) is 12.8. The minimum absolute atomic E-state index is 0.0614. The Hall–Kier alpha value is -4.63. The molecule has 0 radical (unpaired) electrons. The first-order chi connectivity index (χ1) is 21.7. The van der Waals surface area contributed by atoms with Crippen LogP contribution in [0.2, 0.25) is 0 Å². The smallest absolute Gasteiger partial charge is 0.418 e. The maximum atomic E-state index is 13.2. The van der Waals surface area contributed by atoms with Gasteiger partial charge in [-0.25, -0.2) is 14.8 Å². The number of carbonyl (C=O) groups is 3. The molecule has 2 atom stereocenters. The van der Waals surface area contributed by atoms with Crippen LogP contribution in [0.1, 0.15) is 19.5 Å². The maximum absolute atomic E-state index is 13.2. The van der Waals surface area contributed by atoms with Crippen LogP contribution < -0.4 is 26.4 Å². The number of aliphatic carboxylic acids is 1. The summed E-state index contributed by atoms with van der Waals surface area (Å²) in [5.74, 6) is -1.86. The molecule has 20 heteroatoms. The molecule has 2 aliphatic rings. The van der Waals surface area contributed by atoms with E-state index in [4.69, 9.17) is 19.9 Å². The van der Waals surface area contributed by atoms with Gasteiger partial charge in [0.1, 0.15) is 29.9 Å². The normalized spacial score (nSPS) is 18.8. The quantitative estimate of drug-likeness (QED) is 0.0567. The molecule has 2 saturated heterocycles. The predicted molar refractivity (Wildman–Crippen MR) is 163 cm³/mol. The number of pyridine rings is 1. The molecule has 0 saturated carbocycles. The third-order valence-electron chi connectivity index (χ3n) is 7.21. The zero-order valence-electron chi connectivity index (χ0n) is 24.4. The van der Waals surface area contributed by atoms with Crippen LogP contribution in [0, 0.1) is 5.92 Å². The molecular weight excluding hydrogens is 648 g/mol. The molecular formula is C26H30N8O10S2. The number of aromatic nitrogens is 2. The number of ether oxygens (including phenoxy) is 1. The Morgan fingerprint density at radius 3 is 2.67 bits per heavy atom. The van der Waals surface area contributed by atoms with E-state index in [1.54, 1.807) is 30.5 Å². The predicted octanol–water partition coefficient (Wildman–Crippen LogP) is -0.00230. The van der Waals surface area contributed by atoms with Crippen molar-refractivity contribution in [1.29, 1.82) is 0 Å². The van der Waals surface area contributed by atoms with Crippen molar-refractivity contribution in [3.05, 3.63) is 41.5 Å². The number of oxime groups is 1. The summed E-state index contributed by atoms with van der Waals surface area (Å²) >= 11 is 0.962. The molecule has 0 spiro atoms. The zero-order valence-corrected chi connectivity index (χ0v) is 26.0. The van der Waals surface area contributed by atoms with E-state index in [1.165, 1.54) is 19.2 Å². The number of rotatable bonds is 14. The third kappa shape index (κ3) is 7.26. The van der Waals surface area contributed by atoms with Crippen molar-refractivity contribution in [2.45, 2.75) is 31.5 Å². The van der Waals surface area contributed by atoms with Crippen LogP contribution in [-0.4, -0.2) is 101 Å². The van der Waals surface area contributed by atoms with Crippen molar-refractivity contribution >= 4 is 67.0 Å². The van der Waals surface area contributed by atoms with Crippen molar-refractivity contribution in [3.8, 4) is 5.75 Å². The first kappa shape index (κ1) is 32.8. The van der Waals surface area contributed by atoms with Crippen molar-refractivity contribution in [3.63, 3.8) is 0 Å². The highest BCUT2D eigenvalue weighted by Gasteiger charge is 2.58. The molecule has 2 amide bonds. The summed E-state index contributed by atoms with van der Waals surface area (Å²) in [5.41, 5.74) is 3.67. The van der Waals surface area contributed by atoms with Gasteiger partial charge in [-0.1, -0.05) is 5.16 Å². The number of amides is 2. The van der Waals surface area contributed by atoms with Gasteiger partial charge in [-0.15, -0.1) is 15.6 Å². The fraction of sp³-hybridized carbons (Fsp3) is 0.385. The van der Waals surface area contributed by atoms with Crippen molar-refractivity contribution in [1.82, 2.24) is 25.7 Å². The van der Waals surface area contributed by atoms with Gasteiger partial charge in [-0.3, -0.25) is 14.1 Å². The number of anilines is 2. The molecule has 1 aromatic carbocycles. The lowest BCUT2D eigenvalue weighted by Crippen LogP contribution is -2.76. The monoisotopic (exact) mass is 678 g/mol. The molecule has 5 rings (SSSR count). The van der Waals surface area contributed by atoms with Crippen LogP contribution in [0.4, 0.5) is 10.9 Å². The molecule has 0 aliphatic carbocycles. The van der Waals surface area contributed by atoms with Crippen LogP contribution in [0.15, 0.2) is 41.0 Å². The van der Waals surface area contributed by atoms with E-state index in [0.29, 0.717) is 16.7 Å². The number of nitrogens with zero attached hydrogens (tertiary/aromatic N) is 4. The highest BCUT2D eigenvalue weighted by atomic mass is 32.3. The van der Waals surface area contributed by atoms with Crippen LogP contribution in [0.5, 0.6) is 5.75 Å². The van der Waals surface area contributed by atoms with Gasteiger partial charge in [0.05, 0.1) is 5.54 Å². The molecule has 1 unspecified atom stereocenters. The number of hydrogen-bond acceptors (Lipinski definition) is 15. The summed E-state index contributed by atoms with van der Waals surface area (Å²) in [5, 5.41) is 25.9. The molecule has 2 fully saturated rings. The first-order valence-corrected chi connectivity index (χ1v) is 15.9. The topological polar surface area (TPSA) is 257 Å². The van der Waals surface area contributed by atoms with Crippen molar-refractivity contribution in [2.75, 3.05) is 37.3 Å². The SMILES string of the molecule is CC1(C)[C@H](NC(=O)/C(=N\OC(COc2ccc3c(NCC4CNC4)nccc3c2)C(=O)O)c2csc(N)n2)C(=O)N1OS(=O)(=O)O. The van der Waals surface area contributed by atoms with Gasteiger partial charge in [-0.05, 0) is 43.5 Å². The van der Waals surface area contributed by atoms with Gasteiger partial charge >= 0.3 is 16.4 Å². The Morgan fingerprint density at radius 2 is 2.07 bits per heavy atom. The van der Waals surface area contributed by atoms with E-state index in [-0.39, 0.29) is 10.8 Å². The maximum Gasteiger partial charge on any atom is 0.418 e. The summed E-state index contributed by atoms with van der Waals surface area (Å²) < 4.78 is 41.1. The number of carboxylic acids is 1. The molecule has 0 bridgehead atoms. The summed E-state index contributed by atoms with van der Waals surface area (Å²) in [6.07, 6.45) is -0.0266. The number of nitrogens with two attached hydrogens (primary N) is 1. The highest BCUT2D eigenvalue weighted by Crippen LogP contribution is 2.33.